The maximum atomic E-state index is 5.64. The zero-order chi connectivity index (χ0) is 7.45. The van der Waals surface area contributed by atoms with Gasteiger partial charge in [0.1, 0.15) is 0 Å². The van der Waals surface area contributed by atoms with E-state index in [9.17, 15) is 0 Å². The minimum atomic E-state index is 0.212. The van der Waals surface area contributed by atoms with Crippen LogP contribution in [0.1, 0.15) is 26.2 Å². The summed E-state index contributed by atoms with van der Waals surface area (Å²) in [6.45, 7) is 3.93. The fraction of sp³-hybridized carbons (Fsp3) is 1.00. The summed E-state index contributed by atoms with van der Waals surface area (Å²) in [5, 5.41) is 3.17. The Morgan fingerprint density at radius 2 is 2.20 bits per heavy atom. The van der Waals surface area contributed by atoms with Gasteiger partial charge in [-0.05, 0) is 33.2 Å². The first-order chi connectivity index (χ1) is 4.83. The summed E-state index contributed by atoms with van der Waals surface area (Å²) in [4.78, 5) is 0. The molecule has 60 valence electrons. The van der Waals surface area contributed by atoms with Crippen LogP contribution in [0.15, 0.2) is 0 Å². The summed E-state index contributed by atoms with van der Waals surface area (Å²) in [7, 11) is 1.99. The Bertz CT molecular complexity index is 91.4. The van der Waals surface area contributed by atoms with Crippen molar-refractivity contribution in [3.8, 4) is 0 Å². The molecule has 1 fully saturated rings. The molecule has 0 saturated heterocycles. The van der Waals surface area contributed by atoms with Crippen molar-refractivity contribution >= 4 is 0 Å². The second kappa shape index (κ2) is 3.35. The lowest BCUT2D eigenvalue weighted by molar-refractivity contribution is -0.0912. The standard InChI is InChI=1S/C8H17NO/c1-3-10-8(7-9-2)5-4-6-8/h9H,3-7H2,1-2H3. The molecule has 0 unspecified atom stereocenters. The van der Waals surface area contributed by atoms with E-state index in [1.807, 2.05) is 7.05 Å². The van der Waals surface area contributed by atoms with Gasteiger partial charge in [0.15, 0.2) is 0 Å². The van der Waals surface area contributed by atoms with Crippen molar-refractivity contribution in [1.29, 1.82) is 0 Å². The largest absolute Gasteiger partial charge is 0.374 e. The highest BCUT2D eigenvalue weighted by Crippen LogP contribution is 2.34. The molecule has 0 aromatic rings. The monoisotopic (exact) mass is 143 g/mol. The van der Waals surface area contributed by atoms with Gasteiger partial charge in [0, 0.05) is 13.2 Å². The molecular weight excluding hydrogens is 126 g/mol. The Balaban J connectivity index is 2.27. The van der Waals surface area contributed by atoms with Gasteiger partial charge in [-0.2, -0.15) is 0 Å². The molecule has 1 rings (SSSR count). The highest BCUT2D eigenvalue weighted by molar-refractivity contribution is 4.91. The Hall–Kier alpha value is -0.0800. The number of hydrogen-bond donors (Lipinski definition) is 1. The predicted octanol–water partition coefficient (Wildman–Crippen LogP) is 1.16. The Morgan fingerprint density at radius 3 is 2.50 bits per heavy atom. The lowest BCUT2D eigenvalue weighted by atomic mass is 9.80. The number of ether oxygens (including phenoxy) is 1. The van der Waals surface area contributed by atoms with E-state index in [4.69, 9.17) is 4.74 Å². The van der Waals surface area contributed by atoms with Crippen LogP contribution in [0.5, 0.6) is 0 Å². The molecule has 1 aliphatic carbocycles. The minimum Gasteiger partial charge on any atom is -0.374 e. The van der Waals surface area contributed by atoms with Crippen molar-refractivity contribution in [3.63, 3.8) is 0 Å². The van der Waals surface area contributed by atoms with Crippen LogP contribution in [0.3, 0.4) is 0 Å². The van der Waals surface area contributed by atoms with E-state index < -0.39 is 0 Å². The second-order valence-electron chi connectivity index (χ2n) is 3.00. The van der Waals surface area contributed by atoms with E-state index in [0.717, 1.165) is 13.2 Å². The number of rotatable bonds is 4. The first-order valence-corrected chi connectivity index (χ1v) is 4.11. The fourth-order valence-electron chi connectivity index (χ4n) is 1.57. The van der Waals surface area contributed by atoms with Crippen LogP contribution in [0.4, 0.5) is 0 Å². The zero-order valence-electron chi connectivity index (χ0n) is 6.94. The smallest absolute Gasteiger partial charge is 0.0806 e. The van der Waals surface area contributed by atoms with E-state index in [-0.39, 0.29) is 5.60 Å². The van der Waals surface area contributed by atoms with E-state index in [1.165, 1.54) is 19.3 Å². The average molecular weight is 143 g/mol. The summed E-state index contributed by atoms with van der Waals surface area (Å²) in [5.74, 6) is 0. The van der Waals surface area contributed by atoms with Crippen molar-refractivity contribution in [2.24, 2.45) is 0 Å². The Kier molecular flexibility index (Phi) is 2.69. The fourth-order valence-corrected chi connectivity index (χ4v) is 1.57. The maximum Gasteiger partial charge on any atom is 0.0806 e. The predicted molar refractivity (Wildman–Crippen MR) is 42.1 cm³/mol. The summed E-state index contributed by atoms with van der Waals surface area (Å²) in [6, 6.07) is 0. The van der Waals surface area contributed by atoms with E-state index in [0.29, 0.717) is 0 Å². The quantitative estimate of drug-likeness (QED) is 0.637. The van der Waals surface area contributed by atoms with Crippen LogP contribution in [-0.4, -0.2) is 25.8 Å². The number of nitrogens with one attached hydrogen (secondary N) is 1. The van der Waals surface area contributed by atoms with Crippen LogP contribution in [0.25, 0.3) is 0 Å². The molecular formula is C8H17NO. The van der Waals surface area contributed by atoms with Gasteiger partial charge in [-0.1, -0.05) is 0 Å². The molecule has 0 aromatic heterocycles. The van der Waals surface area contributed by atoms with Crippen molar-refractivity contribution in [3.05, 3.63) is 0 Å². The van der Waals surface area contributed by atoms with Crippen LogP contribution in [-0.2, 0) is 4.74 Å². The van der Waals surface area contributed by atoms with Crippen LogP contribution in [0.2, 0.25) is 0 Å². The third kappa shape index (κ3) is 1.50. The molecule has 0 atom stereocenters. The third-order valence-electron chi connectivity index (χ3n) is 2.21. The first kappa shape index (κ1) is 8.02. The molecule has 0 spiro atoms. The molecule has 0 amide bonds. The van der Waals surface area contributed by atoms with Gasteiger partial charge < -0.3 is 10.1 Å². The van der Waals surface area contributed by atoms with Crippen LogP contribution >= 0.6 is 0 Å². The van der Waals surface area contributed by atoms with Crippen molar-refractivity contribution in [2.75, 3.05) is 20.2 Å². The van der Waals surface area contributed by atoms with E-state index in [1.54, 1.807) is 0 Å². The first-order valence-electron chi connectivity index (χ1n) is 4.11. The highest BCUT2D eigenvalue weighted by atomic mass is 16.5. The van der Waals surface area contributed by atoms with Crippen molar-refractivity contribution in [1.82, 2.24) is 5.32 Å². The second-order valence-corrected chi connectivity index (χ2v) is 3.00. The van der Waals surface area contributed by atoms with E-state index in [2.05, 4.69) is 12.2 Å². The maximum absolute atomic E-state index is 5.64. The van der Waals surface area contributed by atoms with Gasteiger partial charge in [0.05, 0.1) is 5.60 Å². The third-order valence-corrected chi connectivity index (χ3v) is 2.21. The Morgan fingerprint density at radius 1 is 1.50 bits per heavy atom. The molecule has 0 heterocycles. The Labute approximate surface area is 63.0 Å². The molecule has 2 nitrogen and oxygen atoms in total. The average Bonchev–Trinajstić information content (AvgIpc) is 1.84. The SMILES string of the molecule is CCOC1(CNC)CCC1. The zero-order valence-corrected chi connectivity index (χ0v) is 6.94. The van der Waals surface area contributed by atoms with Gasteiger partial charge in [-0.25, -0.2) is 0 Å². The van der Waals surface area contributed by atoms with Crippen molar-refractivity contribution in [2.45, 2.75) is 31.8 Å². The molecule has 1 aliphatic rings. The van der Waals surface area contributed by atoms with Crippen LogP contribution in [0, 0.1) is 0 Å². The van der Waals surface area contributed by atoms with Gasteiger partial charge in [-0.3, -0.25) is 0 Å². The molecule has 0 aliphatic heterocycles. The molecule has 1 N–H and O–H groups in total. The number of likely N-dealkylation sites (N-methyl/N-ethyl adjacent to an activating group) is 1. The molecule has 2 heteroatoms. The summed E-state index contributed by atoms with van der Waals surface area (Å²) in [6.07, 6.45) is 3.81. The molecule has 0 radical (unpaired) electrons. The normalized spacial score (nSPS) is 22.2. The topological polar surface area (TPSA) is 21.3 Å². The minimum absolute atomic E-state index is 0.212. The van der Waals surface area contributed by atoms with E-state index >= 15 is 0 Å². The summed E-state index contributed by atoms with van der Waals surface area (Å²) < 4.78 is 5.64. The molecule has 0 bridgehead atoms. The molecule has 10 heavy (non-hydrogen) atoms. The summed E-state index contributed by atoms with van der Waals surface area (Å²) >= 11 is 0. The molecule has 1 saturated carbocycles. The van der Waals surface area contributed by atoms with Gasteiger partial charge in [-0.15, -0.1) is 0 Å². The molecule has 0 aromatic carbocycles. The van der Waals surface area contributed by atoms with Crippen molar-refractivity contribution < 1.29 is 4.74 Å². The highest BCUT2D eigenvalue weighted by Gasteiger charge is 2.36. The van der Waals surface area contributed by atoms with Gasteiger partial charge in [0.2, 0.25) is 0 Å². The summed E-state index contributed by atoms with van der Waals surface area (Å²) in [5.41, 5.74) is 0.212. The number of hydrogen-bond acceptors (Lipinski definition) is 2. The lowest BCUT2D eigenvalue weighted by Crippen LogP contribution is -2.47. The van der Waals surface area contributed by atoms with Crippen LogP contribution < -0.4 is 5.32 Å². The lowest BCUT2D eigenvalue weighted by Gasteiger charge is -2.41. The van der Waals surface area contributed by atoms with Gasteiger partial charge >= 0.3 is 0 Å². The van der Waals surface area contributed by atoms with Gasteiger partial charge in [0.25, 0.3) is 0 Å².